The minimum absolute atomic E-state index is 0.224. The summed E-state index contributed by atoms with van der Waals surface area (Å²) in [5.41, 5.74) is 4.53. The van der Waals surface area contributed by atoms with E-state index < -0.39 is 0 Å². The highest BCUT2D eigenvalue weighted by atomic mass is 79.9. The predicted molar refractivity (Wildman–Crippen MR) is 96.6 cm³/mol. The molecule has 1 aliphatic rings. The van der Waals surface area contributed by atoms with Crippen LogP contribution in [0.1, 0.15) is 55.9 Å². The van der Waals surface area contributed by atoms with Crippen molar-refractivity contribution in [3.63, 3.8) is 0 Å². The number of hydrogen-bond donors (Lipinski definition) is 1. The Labute approximate surface area is 146 Å². The maximum absolute atomic E-state index is 4.82. The predicted octanol–water partition coefficient (Wildman–Crippen LogP) is 4.49. The first-order valence-electron chi connectivity index (χ1n) is 8.43. The summed E-state index contributed by atoms with van der Waals surface area (Å²) in [6, 6.07) is 4.44. The average molecular weight is 375 g/mol. The van der Waals surface area contributed by atoms with Gasteiger partial charge in [0.15, 0.2) is 0 Å². The fourth-order valence-electron chi connectivity index (χ4n) is 3.31. The van der Waals surface area contributed by atoms with Gasteiger partial charge < -0.3 is 5.32 Å². The topological polar surface area (TPSA) is 50.7 Å². The summed E-state index contributed by atoms with van der Waals surface area (Å²) in [6.45, 7) is 6.47. The normalized spacial score (nSPS) is 19.7. The van der Waals surface area contributed by atoms with Crippen LogP contribution in [0.5, 0.6) is 0 Å². The monoisotopic (exact) mass is 374 g/mol. The van der Waals surface area contributed by atoms with Gasteiger partial charge in [0.2, 0.25) is 0 Å². The van der Waals surface area contributed by atoms with Crippen molar-refractivity contribution in [2.45, 2.75) is 52.5 Å². The van der Waals surface area contributed by atoms with Crippen molar-refractivity contribution in [1.82, 2.24) is 15.0 Å². The average Bonchev–Trinajstić information content (AvgIpc) is 2.93. The molecule has 1 aliphatic carbocycles. The van der Waals surface area contributed by atoms with Crippen LogP contribution < -0.4 is 5.32 Å². The number of fused-ring (bicyclic) bond motifs is 1. The number of anilines is 1. The molecular formula is C18H23BrN4. The summed E-state index contributed by atoms with van der Waals surface area (Å²) in [6.07, 6.45) is 5.82. The molecule has 3 rings (SSSR count). The van der Waals surface area contributed by atoms with Gasteiger partial charge in [-0.05, 0) is 52.7 Å². The summed E-state index contributed by atoms with van der Waals surface area (Å²) in [4.78, 5) is 14.1. The van der Waals surface area contributed by atoms with Gasteiger partial charge in [0, 0.05) is 6.20 Å². The molecule has 0 saturated carbocycles. The van der Waals surface area contributed by atoms with E-state index in [2.05, 4.69) is 58.1 Å². The number of rotatable bonds is 5. The lowest BCUT2D eigenvalue weighted by Gasteiger charge is -2.22. The van der Waals surface area contributed by atoms with Gasteiger partial charge in [0.05, 0.1) is 23.1 Å². The van der Waals surface area contributed by atoms with E-state index in [1.54, 1.807) is 0 Å². The smallest absolute Gasteiger partial charge is 0.148 e. The summed E-state index contributed by atoms with van der Waals surface area (Å²) in [5, 5.41) is 3.66. The maximum Gasteiger partial charge on any atom is 0.148 e. The molecule has 5 heteroatoms. The Balaban J connectivity index is 1.97. The Bertz CT molecular complexity index is 701. The molecule has 122 valence electrons. The number of nitrogens with zero attached hydrogens (tertiary/aromatic N) is 3. The lowest BCUT2D eigenvalue weighted by molar-refractivity contribution is 0.470. The number of pyridine rings is 1. The van der Waals surface area contributed by atoms with Crippen molar-refractivity contribution < 1.29 is 0 Å². The third-order valence-electron chi connectivity index (χ3n) is 4.65. The van der Waals surface area contributed by atoms with Crippen LogP contribution in [0.2, 0.25) is 0 Å². The zero-order valence-corrected chi connectivity index (χ0v) is 15.5. The van der Waals surface area contributed by atoms with E-state index in [1.807, 2.05) is 12.3 Å². The molecular weight excluding hydrogens is 352 g/mol. The Morgan fingerprint density at radius 1 is 1.17 bits per heavy atom. The van der Waals surface area contributed by atoms with E-state index in [0.29, 0.717) is 5.92 Å². The Hall–Kier alpha value is -1.49. The van der Waals surface area contributed by atoms with Crippen molar-refractivity contribution in [1.29, 1.82) is 0 Å². The highest BCUT2D eigenvalue weighted by molar-refractivity contribution is 9.10. The summed E-state index contributed by atoms with van der Waals surface area (Å²) >= 11 is 3.53. The van der Waals surface area contributed by atoms with Gasteiger partial charge in [0.1, 0.15) is 10.4 Å². The van der Waals surface area contributed by atoms with E-state index in [-0.39, 0.29) is 6.04 Å². The largest absolute Gasteiger partial charge is 0.360 e. The molecule has 2 aromatic heterocycles. The van der Waals surface area contributed by atoms with Gasteiger partial charge in [-0.15, -0.1) is 0 Å². The van der Waals surface area contributed by atoms with Crippen LogP contribution in [0, 0.1) is 5.92 Å². The molecule has 2 heterocycles. The number of aryl methyl sites for hydroxylation is 2. The molecule has 23 heavy (non-hydrogen) atoms. The fourth-order valence-corrected chi connectivity index (χ4v) is 3.89. The van der Waals surface area contributed by atoms with Crippen LogP contribution in [0.25, 0.3) is 0 Å². The van der Waals surface area contributed by atoms with Crippen LogP contribution in [-0.2, 0) is 19.3 Å². The number of hydrogen-bond acceptors (Lipinski definition) is 4. The molecule has 4 nitrogen and oxygen atoms in total. The van der Waals surface area contributed by atoms with Crippen LogP contribution in [0.3, 0.4) is 0 Å². The van der Waals surface area contributed by atoms with Gasteiger partial charge >= 0.3 is 0 Å². The van der Waals surface area contributed by atoms with Gasteiger partial charge in [-0.1, -0.05) is 33.3 Å². The molecule has 0 bridgehead atoms. The first kappa shape index (κ1) is 16.4. The van der Waals surface area contributed by atoms with Crippen molar-refractivity contribution in [2.24, 2.45) is 5.92 Å². The second-order valence-electron chi connectivity index (χ2n) is 6.01. The third kappa shape index (κ3) is 3.11. The Morgan fingerprint density at radius 2 is 1.96 bits per heavy atom. The molecule has 2 atom stereocenters. The Kier molecular flexibility index (Phi) is 4.95. The molecule has 0 fully saturated rings. The molecule has 0 aromatic carbocycles. The molecule has 1 N–H and O–H groups in total. The number of nitrogens with one attached hydrogen (secondary N) is 1. The third-order valence-corrected chi connectivity index (χ3v) is 5.29. The first-order valence-corrected chi connectivity index (χ1v) is 9.22. The van der Waals surface area contributed by atoms with Crippen LogP contribution in [0.4, 0.5) is 5.82 Å². The zero-order valence-electron chi connectivity index (χ0n) is 13.9. The van der Waals surface area contributed by atoms with E-state index in [0.717, 1.165) is 47.5 Å². The SMILES string of the molecule is CCc1nc(N[C@@H]2c3ncccc3CC2CC)c(CC)nc1Br. The lowest BCUT2D eigenvalue weighted by atomic mass is 9.99. The van der Waals surface area contributed by atoms with E-state index >= 15 is 0 Å². The standard InChI is InChI=1S/C18H23BrN4/c1-4-11-10-12-8-7-9-20-15(12)16(11)23-18-14(6-3)21-17(19)13(5-2)22-18/h7-9,11,16H,4-6,10H2,1-3H3,(H,22,23)/t11?,16-/m0/s1. The van der Waals surface area contributed by atoms with E-state index in [9.17, 15) is 0 Å². The molecule has 0 spiro atoms. The number of halogens is 1. The second kappa shape index (κ2) is 6.95. The van der Waals surface area contributed by atoms with Crippen molar-refractivity contribution in [3.8, 4) is 0 Å². The first-order chi connectivity index (χ1) is 11.2. The highest BCUT2D eigenvalue weighted by Crippen LogP contribution is 2.39. The van der Waals surface area contributed by atoms with Crippen LogP contribution in [0.15, 0.2) is 22.9 Å². The van der Waals surface area contributed by atoms with Crippen LogP contribution >= 0.6 is 15.9 Å². The van der Waals surface area contributed by atoms with Crippen LogP contribution in [-0.4, -0.2) is 15.0 Å². The lowest BCUT2D eigenvalue weighted by Crippen LogP contribution is -2.19. The van der Waals surface area contributed by atoms with E-state index in [4.69, 9.17) is 4.98 Å². The fraction of sp³-hybridized carbons (Fsp3) is 0.500. The summed E-state index contributed by atoms with van der Waals surface area (Å²) in [5.74, 6) is 1.47. The van der Waals surface area contributed by atoms with Gasteiger partial charge in [-0.25, -0.2) is 9.97 Å². The Morgan fingerprint density at radius 3 is 2.65 bits per heavy atom. The molecule has 0 radical (unpaired) electrons. The zero-order chi connectivity index (χ0) is 16.4. The maximum atomic E-state index is 4.82. The van der Waals surface area contributed by atoms with Gasteiger partial charge in [0.25, 0.3) is 0 Å². The van der Waals surface area contributed by atoms with Gasteiger partial charge in [-0.2, -0.15) is 0 Å². The minimum Gasteiger partial charge on any atom is -0.360 e. The molecule has 0 saturated heterocycles. The second-order valence-corrected chi connectivity index (χ2v) is 6.76. The molecule has 0 aliphatic heterocycles. The molecule has 0 amide bonds. The van der Waals surface area contributed by atoms with E-state index in [1.165, 1.54) is 11.3 Å². The van der Waals surface area contributed by atoms with Crippen molar-refractivity contribution in [2.75, 3.05) is 5.32 Å². The highest BCUT2D eigenvalue weighted by Gasteiger charge is 2.33. The number of aromatic nitrogens is 3. The quantitative estimate of drug-likeness (QED) is 0.836. The van der Waals surface area contributed by atoms with Gasteiger partial charge in [-0.3, -0.25) is 4.98 Å². The summed E-state index contributed by atoms with van der Waals surface area (Å²) in [7, 11) is 0. The minimum atomic E-state index is 0.224. The van der Waals surface area contributed by atoms with Crippen molar-refractivity contribution in [3.05, 3.63) is 45.6 Å². The van der Waals surface area contributed by atoms with Crippen molar-refractivity contribution >= 4 is 21.7 Å². The molecule has 2 aromatic rings. The summed E-state index contributed by atoms with van der Waals surface area (Å²) < 4.78 is 0.861. The molecule has 1 unspecified atom stereocenters.